The third-order valence-corrected chi connectivity index (χ3v) is 3.03. The van der Waals surface area contributed by atoms with Gasteiger partial charge in [-0.25, -0.2) is 8.78 Å². The molecule has 21 heavy (non-hydrogen) atoms. The van der Waals surface area contributed by atoms with Crippen molar-refractivity contribution < 1.29 is 18.3 Å². The number of nitrogens with two attached hydrogens (primary N) is 1. The maximum atomic E-state index is 13.1. The molecular formula is C16H17F2NO2. The molecule has 2 N–H and O–H groups in total. The van der Waals surface area contributed by atoms with E-state index in [0.717, 1.165) is 11.6 Å². The lowest BCUT2D eigenvalue weighted by Gasteiger charge is -2.13. The summed E-state index contributed by atoms with van der Waals surface area (Å²) >= 11 is 0. The molecule has 0 aliphatic rings. The van der Waals surface area contributed by atoms with E-state index >= 15 is 0 Å². The van der Waals surface area contributed by atoms with Gasteiger partial charge in [-0.15, -0.1) is 0 Å². The fourth-order valence-corrected chi connectivity index (χ4v) is 1.94. The standard InChI is InChI=1S/C16H17F2NO2/c1-10(19)12-3-4-15(16(7-12)20-2)21-9-11-5-13(17)8-14(18)6-11/h3-8,10H,9,19H2,1-2H3/t10-/m0/s1. The van der Waals surface area contributed by atoms with E-state index in [2.05, 4.69) is 0 Å². The van der Waals surface area contributed by atoms with Gasteiger partial charge in [0.05, 0.1) is 7.11 Å². The van der Waals surface area contributed by atoms with Gasteiger partial charge in [-0.3, -0.25) is 0 Å². The van der Waals surface area contributed by atoms with Crippen LogP contribution in [0.5, 0.6) is 11.5 Å². The zero-order valence-corrected chi connectivity index (χ0v) is 11.9. The first-order valence-electron chi connectivity index (χ1n) is 6.51. The predicted octanol–water partition coefficient (Wildman–Crippen LogP) is 3.57. The maximum absolute atomic E-state index is 13.1. The predicted molar refractivity (Wildman–Crippen MR) is 76.3 cm³/mol. The molecule has 3 nitrogen and oxygen atoms in total. The molecule has 0 spiro atoms. The van der Waals surface area contributed by atoms with Gasteiger partial charge in [-0.05, 0) is 42.3 Å². The molecule has 2 rings (SSSR count). The van der Waals surface area contributed by atoms with Crippen LogP contribution in [0.15, 0.2) is 36.4 Å². The van der Waals surface area contributed by atoms with Gasteiger partial charge in [-0.2, -0.15) is 0 Å². The Morgan fingerprint density at radius 3 is 2.29 bits per heavy atom. The van der Waals surface area contributed by atoms with Crippen molar-refractivity contribution in [3.05, 3.63) is 59.2 Å². The Balaban J connectivity index is 2.15. The highest BCUT2D eigenvalue weighted by atomic mass is 19.1. The summed E-state index contributed by atoms with van der Waals surface area (Å²) in [6, 6.07) is 8.50. The molecule has 2 aromatic carbocycles. The SMILES string of the molecule is COc1cc([C@H](C)N)ccc1OCc1cc(F)cc(F)c1. The van der Waals surface area contributed by atoms with E-state index in [-0.39, 0.29) is 12.6 Å². The molecule has 112 valence electrons. The average molecular weight is 293 g/mol. The van der Waals surface area contributed by atoms with E-state index in [9.17, 15) is 8.78 Å². The number of hydrogen-bond donors (Lipinski definition) is 1. The van der Waals surface area contributed by atoms with Gasteiger partial charge in [0.1, 0.15) is 18.2 Å². The number of halogens is 2. The van der Waals surface area contributed by atoms with Gasteiger partial charge in [0.15, 0.2) is 11.5 Å². The maximum Gasteiger partial charge on any atom is 0.161 e. The smallest absolute Gasteiger partial charge is 0.161 e. The minimum Gasteiger partial charge on any atom is -0.493 e. The zero-order valence-electron chi connectivity index (χ0n) is 11.9. The lowest BCUT2D eigenvalue weighted by molar-refractivity contribution is 0.283. The van der Waals surface area contributed by atoms with Crippen LogP contribution in [-0.2, 0) is 6.61 Å². The third kappa shape index (κ3) is 3.92. The number of ether oxygens (including phenoxy) is 2. The van der Waals surface area contributed by atoms with E-state index in [1.165, 1.54) is 19.2 Å². The third-order valence-electron chi connectivity index (χ3n) is 3.03. The van der Waals surface area contributed by atoms with Gasteiger partial charge in [0.2, 0.25) is 0 Å². The second-order valence-electron chi connectivity index (χ2n) is 4.77. The molecule has 2 aromatic rings. The lowest BCUT2D eigenvalue weighted by atomic mass is 10.1. The van der Waals surface area contributed by atoms with E-state index in [1.54, 1.807) is 12.1 Å². The van der Waals surface area contributed by atoms with Crippen molar-refractivity contribution in [1.29, 1.82) is 0 Å². The largest absolute Gasteiger partial charge is 0.493 e. The molecule has 0 saturated carbocycles. The molecular weight excluding hydrogens is 276 g/mol. The lowest BCUT2D eigenvalue weighted by Crippen LogP contribution is -2.06. The monoisotopic (exact) mass is 293 g/mol. The van der Waals surface area contributed by atoms with Gasteiger partial charge < -0.3 is 15.2 Å². The Hall–Kier alpha value is -2.14. The Morgan fingerprint density at radius 2 is 1.71 bits per heavy atom. The molecule has 0 amide bonds. The molecule has 0 saturated heterocycles. The summed E-state index contributed by atoms with van der Waals surface area (Å²) in [5, 5.41) is 0. The van der Waals surface area contributed by atoms with E-state index in [4.69, 9.17) is 15.2 Å². The Kier molecular flexibility index (Phi) is 4.75. The molecule has 0 fully saturated rings. The van der Waals surface area contributed by atoms with Gasteiger partial charge in [-0.1, -0.05) is 6.07 Å². The van der Waals surface area contributed by atoms with Crippen LogP contribution in [0.4, 0.5) is 8.78 Å². The first-order chi connectivity index (χ1) is 9.99. The number of hydrogen-bond acceptors (Lipinski definition) is 3. The van der Waals surface area contributed by atoms with Gasteiger partial charge >= 0.3 is 0 Å². The van der Waals surface area contributed by atoms with Crippen LogP contribution in [0.3, 0.4) is 0 Å². The molecule has 0 aromatic heterocycles. The van der Waals surface area contributed by atoms with Crippen LogP contribution in [0.1, 0.15) is 24.1 Å². The number of rotatable bonds is 5. The Labute approximate surface area is 122 Å². The van der Waals surface area contributed by atoms with E-state index in [1.807, 2.05) is 13.0 Å². The molecule has 0 aliphatic carbocycles. The summed E-state index contributed by atoms with van der Waals surface area (Å²) in [5.41, 5.74) is 7.13. The minimum absolute atomic E-state index is 0.0442. The first kappa shape index (κ1) is 15.3. The van der Waals surface area contributed by atoms with Crippen LogP contribution in [0.25, 0.3) is 0 Å². The molecule has 0 aliphatic heterocycles. The number of benzene rings is 2. The summed E-state index contributed by atoms with van der Waals surface area (Å²) in [6.45, 7) is 1.91. The molecule has 1 atom stereocenters. The highest BCUT2D eigenvalue weighted by molar-refractivity contribution is 5.43. The quantitative estimate of drug-likeness (QED) is 0.916. The van der Waals surface area contributed by atoms with Crippen molar-refractivity contribution in [3.63, 3.8) is 0 Å². The van der Waals surface area contributed by atoms with Crippen molar-refractivity contribution in [2.75, 3.05) is 7.11 Å². The molecule has 0 unspecified atom stereocenters. The van der Waals surface area contributed by atoms with Crippen molar-refractivity contribution in [3.8, 4) is 11.5 Å². The summed E-state index contributed by atoms with van der Waals surface area (Å²) < 4.78 is 37.0. The topological polar surface area (TPSA) is 44.5 Å². The van der Waals surface area contributed by atoms with E-state index in [0.29, 0.717) is 17.1 Å². The van der Waals surface area contributed by atoms with Crippen molar-refractivity contribution >= 4 is 0 Å². The highest BCUT2D eigenvalue weighted by Gasteiger charge is 2.09. The summed E-state index contributed by atoms with van der Waals surface area (Å²) in [5.74, 6) is -0.242. The fraction of sp³-hybridized carbons (Fsp3) is 0.250. The summed E-state index contributed by atoms with van der Waals surface area (Å²) in [6.07, 6.45) is 0. The fourth-order valence-electron chi connectivity index (χ4n) is 1.94. The van der Waals surface area contributed by atoms with Gasteiger partial charge in [0, 0.05) is 12.1 Å². The van der Waals surface area contributed by atoms with Gasteiger partial charge in [0.25, 0.3) is 0 Å². The first-order valence-corrected chi connectivity index (χ1v) is 6.51. The Bertz CT molecular complexity index is 609. The van der Waals surface area contributed by atoms with Crippen LogP contribution in [-0.4, -0.2) is 7.11 Å². The summed E-state index contributed by atoms with van der Waals surface area (Å²) in [4.78, 5) is 0. The molecule has 0 heterocycles. The number of methoxy groups -OCH3 is 1. The zero-order chi connectivity index (χ0) is 15.4. The summed E-state index contributed by atoms with van der Waals surface area (Å²) in [7, 11) is 1.52. The second kappa shape index (κ2) is 6.54. The Morgan fingerprint density at radius 1 is 1.05 bits per heavy atom. The minimum atomic E-state index is -0.632. The second-order valence-corrected chi connectivity index (χ2v) is 4.77. The van der Waals surface area contributed by atoms with Crippen LogP contribution < -0.4 is 15.2 Å². The van der Waals surface area contributed by atoms with E-state index < -0.39 is 11.6 Å². The van der Waals surface area contributed by atoms with Crippen molar-refractivity contribution in [2.45, 2.75) is 19.6 Å². The normalized spacial score (nSPS) is 12.0. The average Bonchev–Trinajstić information content (AvgIpc) is 2.43. The van der Waals surface area contributed by atoms with Crippen LogP contribution >= 0.6 is 0 Å². The highest BCUT2D eigenvalue weighted by Crippen LogP contribution is 2.30. The van der Waals surface area contributed by atoms with Crippen molar-refractivity contribution in [1.82, 2.24) is 0 Å². The molecule has 0 radical (unpaired) electrons. The molecule has 5 heteroatoms. The molecule has 0 bridgehead atoms. The van der Waals surface area contributed by atoms with Crippen molar-refractivity contribution in [2.24, 2.45) is 5.73 Å². The van der Waals surface area contributed by atoms with Crippen LogP contribution in [0.2, 0.25) is 0 Å². The van der Waals surface area contributed by atoms with Crippen LogP contribution in [0, 0.1) is 11.6 Å².